The van der Waals surface area contributed by atoms with Gasteiger partial charge in [-0.15, -0.1) is 0 Å². The Morgan fingerprint density at radius 3 is 2.59 bits per heavy atom. The quantitative estimate of drug-likeness (QED) is 0.602. The second-order valence-corrected chi connectivity index (χ2v) is 3.56. The average Bonchev–Trinajstić information content (AvgIpc) is 2.58. The monoisotopic (exact) mass is 244 g/mol. The highest BCUT2D eigenvalue weighted by Gasteiger charge is 2.28. The van der Waals surface area contributed by atoms with E-state index < -0.39 is 17.6 Å². The van der Waals surface area contributed by atoms with Crippen LogP contribution in [-0.2, 0) is 6.54 Å². The van der Waals surface area contributed by atoms with E-state index in [1.165, 1.54) is 24.4 Å². The molecule has 4 nitrogen and oxygen atoms in total. The number of rotatable bonds is 2. The zero-order valence-electron chi connectivity index (χ0n) is 8.44. The standard InChI is InChI=1S/C10H7F3N2O2/c11-10(12,13)6-14-4-3-7-1-2-8(15(16)17)5-9(7)14/h1-5H,6H2. The van der Waals surface area contributed by atoms with Crippen LogP contribution in [0.3, 0.4) is 0 Å². The summed E-state index contributed by atoms with van der Waals surface area (Å²) in [5.41, 5.74) is -0.0175. The van der Waals surface area contributed by atoms with Crippen molar-refractivity contribution < 1.29 is 18.1 Å². The van der Waals surface area contributed by atoms with Crippen molar-refractivity contribution in [2.24, 2.45) is 0 Å². The minimum atomic E-state index is -4.35. The number of halogens is 3. The molecule has 0 aliphatic heterocycles. The molecular formula is C10H7F3N2O2. The van der Waals surface area contributed by atoms with Crippen molar-refractivity contribution in [2.45, 2.75) is 12.7 Å². The van der Waals surface area contributed by atoms with Crippen molar-refractivity contribution in [3.05, 3.63) is 40.6 Å². The highest BCUT2D eigenvalue weighted by molar-refractivity contribution is 5.82. The van der Waals surface area contributed by atoms with E-state index in [1.54, 1.807) is 0 Å². The van der Waals surface area contributed by atoms with Crippen LogP contribution in [0.2, 0.25) is 0 Å². The molecule has 0 atom stereocenters. The SMILES string of the molecule is O=[N+]([O-])c1ccc2ccn(CC(F)(F)F)c2c1. The first-order valence-corrected chi connectivity index (χ1v) is 4.67. The predicted octanol–water partition coefficient (Wildman–Crippen LogP) is 3.11. The fourth-order valence-corrected chi connectivity index (χ4v) is 1.62. The van der Waals surface area contributed by atoms with Gasteiger partial charge in [-0.2, -0.15) is 13.2 Å². The summed E-state index contributed by atoms with van der Waals surface area (Å²) in [7, 11) is 0. The van der Waals surface area contributed by atoms with Crippen LogP contribution in [0, 0.1) is 10.1 Å². The van der Waals surface area contributed by atoms with Gasteiger partial charge in [-0.1, -0.05) is 0 Å². The number of nitro groups is 1. The Labute approximate surface area is 93.4 Å². The Kier molecular flexibility index (Phi) is 2.53. The highest BCUT2D eigenvalue weighted by Crippen LogP contribution is 2.25. The van der Waals surface area contributed by atoms with Gasteiger partial charge in [0.15, 0.2) is 0 Å². The fourth-order valence-electron chi connectivity index (χ4n) is 1.62. The van der Waals surface area contributed by atoms with Gasteiger partial charge >= 0.3 is 6.18 Å². The molecular weight excluding hydrogens is 237 g/mol. The summed E-state index contributed by atoms with van der Waals surface area (Å²) >= 11 is 0. The molecule has 17 heavy (non-hydrogen) atoms. The molecule has 2 rings (SSSR count). The molecule has 1 aromatic heterocycles. The van der Waals surface area contributed by atoms with Gasteiger partial charge in [0.1, 0.15) is 6.54 Å². The van der Waals surface area contributed by atoms with Crippen molar-refractivity contribution in [2.75, 3.05) is 0 Å². The summed E-state index contributed by atoms with van der Waals surface area (Å²) in [6, 6.07) is 5.33. The lowest BCUT2D eigenvalue weighted by Gasteiger charge is -2.08. The number of alkyl halides is 3. The molecule has 0 radical (unpaired) electrons. The zero-order valence-corrected chi connectivity index (χ0v) is 8.44. The van der Waals surface area contributed by atoms with Gasteiger partial charge in [-0.3, -0.25) is 10.1 Å². The second kappa shape index (κ2) is 3.76. The van der Waals surface area contributed by atoms with Crippen LogP contribution in [0.25, 0.3) is 10.9 Å². The topological polar surface area (TPSA) is 48.1 Å². The molecule has 7 heteroatoms. The summed E-state index contributed by atoms with van der Waals surface area (Å²) in [6.45, 7) is -1.16. The molecule has 1 heterocycles. The Hall–Kier alpha value is -2.05. The van der Waals surface area contributed by atoms with E-state index >= 15 is 0 Å². The summed E-state index contributed by atoms with van der Waals surface area (Å²) in [4.78, 5) is 9.90. The van der Waals surface area contributed by atoms with Crippen molar-refractivity contribution in [3.8, 4) is 0 Å². The number of nitrogens with zero attached hydrogens (tertiary/aromatic N) is 2. The van der Waals surface area contributed by atoms with E-state index in [9.17, 15) is 23.3 Å². The molecule has 0 bridgehead atoms. The summed E-state index contributed by atoms with van der Waals surface area (Å²) < 4.78 is 37.7. The first-order chi connectivity index (χ1) is 7.87. The smallest absolute Gasteiger partial charge is 0.338 e. The largest absolute Gasteiger partial charge is 0.406 e. The maximum absolute atomic E-state index is 12.3. The summed E-state index contributed by atoms with van der Waals surface area (Å²) in [5, 5.41) is 11.1. The molecule has 0 N–H and O–H groups in total. The number of benzene rings is 1. The van der Waals surface area contributed by atoms with E-state index in [1.807, 2.05) is 0 Å². The normalized spacial score (nSPS) is 11.9. The summed E-state index contributed by atoms with van der Waals surface area (Å²) in [6.07, 6.45) is -3.08. The molecule has 90 valence electrons. The maximum Gasteiger partial charge on any atom is 0.406 e. The van der Waals surface area contributed by atoms with Crippen LogP contribution in [0.5, 0.6) is 0 Å². The third-order valence-electron chi connectivity index (χ3n) is 2.32. The minimum Gasteiger partial charge on any atom is -0.338 e. The Morgan fingerprint density at radius 2 is 2.00 bits per heavy atom. The minimum absolute atomic E-state index is 0.205. The molecule has 0 fully saturated rings. The molecule has 0 aliphatic carbocycles. The van der Waals surface area contributed by atoms with Crippen molar-refractivity contribution in [1.29, 1.82) is 0 Å². The van der Waals surface area contributed by atoms with E-state index in [0.29, 0.717) is 5.39 Å². The van der Waals surface area contributed by atoms with Crippen LogP contribution in [0.15, 0.2) is 30.5 Å². The molecule has 0 amide bonds. The van der Waals surface area contributed by atoms with Crippen molar-refractivity contribution in [1.82, 2.24) is 4.57 Å². The Bertz CT molecular complexity index is 574. The van der Waals surface area contributed by atoms with Gasteiger partial charge in [0.2, 0.25) is 0 Å². The lowest BCUT2D eigenvalue weighted by molar-refractivity contribution is -0.384. The number of nitro benzene ring substituents is 1. The summed E-state index contributed by atoms with van der Waals surface area (Å²) in [5.74, 6) is 0. The Morgan fingerprint density at radius 1 is 1.29 bits per heavy atom. The van der Waals surface area contributed by atoms with E-state index in [4.69, 9.17) is 0 Å². The zero-order chi connectivity index (χ0) is 12.6. The van der Waals surface area contributed by atoms with E-state index in [-0.39, 0.29) is 11.2 Å². The molecule has 2 aromatic rings. The number of fused-ring (bicyclic) bond motifs is 1. The van der Waals surface area contributed by atoms with Gasteiger partial charge in [-0.05, 0) is 12.1 Å². The fraction of sp³-hybridized carbons (Fsp3) is 0.200. The molecule has 0 spiro atoms. The van der Waals surface area contributed by atoms with Gasteiger partial charge in [0.05, 0.1) is 10.4 Å². The first kappa shape index (κ1) is 11.4. The van der Waals surface area contributed by atoms with Crippen LogP contribution in [-0.4, -0.2) is 15.7 Å². The van der Waals surface area contributed by atoms with Crippen LogP contribution >= 0.6 is 0 Å². The number of hydrogen-bond donors (Lipinski definition) is 0. The van der Waals surface area contributed by atoms with E-state index in [0.717, 1.165) is 10.6 Å². The van der Waals surface area contributed by atoms with Crippen molar-refractivity contribution in [3.63, 3.8) is 0 Å². The number of non-ortho nitro benzene ring substituents is 1. The van der Waals surface area contributed by atoms with Gasteiger partial charge < -0.3 is 4.57 Å². The molecule has 1 aromatic carbocycles. The first-order valence-electron chi connectivity index (χ1n) is 4.67. The highest BCUT2D eigenvalue weighted by atomic mass is 19.4. The lowest BCUT2D eigenvalue weighted by atomic mass is 10.2. The van der Waals surface area contributed by atoms with Crippen LogP contribution < -0.4 is 0 Å². The molecule has 0 saturated heterocycles. The molecule has 0 aliphatic rings. The van der Waals surface area contributed by atoms with Crippen LogP contribution in [0.4, 0.5) is 18.9 Å². The third-order valence-corrected chi connectivity index (χ3v) is 2.32. The van der Waals surface area contributed by atoms with Crippen molar-refractivity contribution >= 4 is 16.6 Å². The average molecular weight is 244 g/mol. The van der Waals surface area contributed by atoms with Gasteiger partial charge in [-0.25, -0.2) is 0 Å². The van der Waals surface area contributed by atoms with E-state index in [2.05, 4.69) is 0 Å². The predicted molar refractivity (Wildman–Crippen MR) is 54.6 cm³/mol. The molecule has 0 unspecified atom stereocenters. The number of hydrogen-bond acceptors (Lipinski definition) is 2. The third kappa shape index (κ3) is 2.38. The maximum atomic E-state index is 12.3. The molecule has 0 saturated carbocycles. The second-order valence-electron chi connectivity index (χ2n) is 3.56. The van der Waals surface area contributed by atoms with Gasteiger partial charge in [0.25, 0.3) is 5.69 Å². The Balaban J connectivity index is 2.50. The lowest BCUT2D eigenvalue weighted by Crippen LogP contribution is -2.16. The number of aromatic nitrogens is 1. The van der Waals surface area contributed by atoms with Gasteiger partial charge in [0, 0.05) is 23.7 Å². The van der Waals surface area contributed by atoms with Crippen LogP contribution in [0.1, 0.15) is 0 Å².